The van der Waals surface area contributed by atoms with Crippen molar-refractivity contribution in [2.75, 3.05) is 0 Å². The third-order valence-electron chi connectivity index (χ3n) is 10.2. The van der Waals surface area contributed by atoms with Gasteiger partial charge in [0.1, 0.15) is 11.3 Å². The molecular formula is C44H48N6. The predicted molar refractivity (Wildman–Crippen MR) is 210 cm³/mol. The van der Waals surface area contributed by atoms with E-state index >= 15 is 0 Å². The van der Waals surface area contributed by atoms with Gasteiger partial charge in [-0.05, 0) is 82.6 Å². The molecule has 0 aliphatic heterocycles. The second kappa shape index (κ2) is 10.3. The fourth-order valence-corrected chi connectivity index (χ4v) is 7.05. The van der Waals surface area contributed by atoms with Crippen LogP contribution in [0.25, 0.3) is 66.3 Å². The first kappa shape index (κ1) is 32.4. The van der Waals surface area contributed by atoms with Crippen molar-refractivity contribution in [1.29, 1.82) is 0 Å². The SMILES string of the molecule is CC(C)(C)c1cc(-c2cc(C(C)(C)C)cc3c2nc2c4ccc(C(C)(C)C)nc4ccn32)c2nc3c4ccc(C(C)(C)C)nc4ccn3c2c1. The highest BCUT2D eigenvalue weighted by Crippen LogP contribution is 2.41. The maximum atomic E-state index is 5.45. The summed E-state index contributed by atoms with van der Waals surface area (Å²) in [6, 6.07) is 22.3. The van der Waals surface area contributed by atoms with Crippen molar-refractivity contribution in [3.8, 4) is 11.1 Å². The number of fused-ring (bicyclic) bond motifs is 10. The molecule has 0 N–H and O–H groups in total. The van der Waals surface area contributed by atoms with Gasteiger partial charge in [-0.25, -0.2) is 9.97 Å². The van der Waals surface area contributed by atoms with Crippen LogP contribution in [0.1, 0.15) is 106 Å². The zero-order chi connectivity index (χ0) is 35.7. The van der Waals surface area contributed by atoms with E-state index in [1.54, 1.807) is 0 Å². The van der Waals surface area contributed by atoms with E-state index < -0.39 is 0 Å². The van der Waals surface area contributed by atoms with E-state index in [1.807, 2.05) is 0 Å². The molecule has 50 heavy (non-hydrogen) atoms. The first-order valence-electron chi connectivity index (χ1n) is 17.8. The summed E-state index contributed by atoms with van der Waals surface area (Å²) in [5.41, 5.74) is 14.5. The third-order valence-corrected chi connectivity index (χ3v) is 10.2. The summed E-state index contributed by atoms with van der Waals surface area (Å²) >= 11 is 0. The molecule has 254 valence electrons. The fraction of sp³-hybridized carbons (Fsp3) is 0.364. The topological polar surface area (TPSA) is 60.4 Å². The molecule has 0 fully saturated rings. The fourth-order valence-electron chi connectivity index (χ4n) is 7.05. The van der Waals surface area contributed by atoms with Crippen LogP contribution in [-0.2, 0) is 21.7 Å². The largest absolute Gasteiger partial charge is 0.299 e. The minimum Gasteiger partial charge on any atom is -0.299 e. The minimum absolute atomic E-state index is 0.0387. The summed E-state index contributed by atoms with van der Waals surface area (Å²) in [4.78, 5) is 21.1. The van der Waals surface area contributed by atoms with Gasteiger partial charge in [0.15, 0.2) is 0 Å². The van der Waals surface area contributed by atoms with Crippen molar-refractivity contribution in [2.45, 2.75) is 105 Å². The summed E-state index contributed by atoms with van der Waals surface area (Å²) in [5, 5.41) is 2.10. The molecule has 0 saturated heterocycles. The maximum absolute atomic E-state index is 5.45. The molecule has 0 saturated carbocycles. The van der Waals surface area contributed by atoms with Crippen molar-refractivity contribution in [3.63, 3.8) is 0 Å². The number of pyridine rings is 4. The van der Waals surface area contributed by atoms with Gasteiger partial charge in [0, 0.05) is 56.5 Å². The van der Waals surface area contributed by atoms with Gasteiger partial charge in [-0.3, -0.25) is 18.8 Å². The van der Waals surface area contributed by atoms with Gasteiger partial charge in [-0.2, -0.15) is 0 Å². The van der Waals surface area contributed by atoms with Crippen molar-refractivity contribution in [1.82, 2.24) is 28.7 Å². The van der Waals surface area contributed by atoms with Crippen LogP contribution in [-0.4, -0.2) is 28.7 Å². The Bertz CT molecular complexity index is 2490. The van der Waals surface area contributed by atoms with Gasteiger partial charge in [0.25, 0.3) is 0 Å². The zero-order valence-corrected chi connectivity index (χ0v) is 31.6. The Morgan fingerprint density at radius 1 is 0.420 bits per heavy atom. The summed E-state index contributed by atoms with van der Waals surface area (Å²) in [5.74, 6) is 0. The lowest BCUT2D eigenvalue weighted by molar-refractivity contribution is 0.571. The van der Waals surface area contributed by atoms with Gasteiger partial charge in [-0.1, -0.05) is 83.1 Å². The van der Waals surface area contributed by atoms with E-state index in [-0.39, 0.29) is 21.7 Å². The molecule has 0 bridgehead atoms. The molecule has 6 aromatic heterocycles. The van der Waals surface area contributed by atoms with Gasteiger partial charge in [0.05, 0.1) is 33.1 Å². The molecule has 0 unspecified atom stereocenters. The molecule has 0 atom stereocenters. The zero-order valence-electron chi connectivity index (χ0n) is 31.6. The number of hydrogen-bond acceptors (Lipinski definition) is 4. The molecule has 0 aliphatic rings. The summed E-state index contributed by atoms with van der Waals surface area (Å²) in [6.07, 6.45) is 4.28. The highest BCUT2D eigenvalue weighted by molar-refractivity contribution is 6.07. The average Bonchev–Trinajstić information content (AvgIpc) is 3.60. The monoisotopic (exact) mass is 660 g/mol. The van der Waals surface area contributed by atoms with Gasteiger partial charge in [0.2, 0.25) is 0 Å². The van der Waals surface area contributed by atoms with Crippen LogP contribution in [0.15, 0.2) is 73.1 Å². The van der Waals surface area contributed by atoms with Gasteiger partial charge < -0.3 is 0 Å². The Labute approximate surface area is 294 Å². The second-order valence-electron chi connectivity index (χ2n) is 18.3. The number of imidazole rings is 2. The first-order chi connectivity index (χ1) is 23.3. The molecule has 0 aliphatic carbocycles. The highest BCUT2D eigenvalue weighted by atomic mass is 15.0. The van der Waals surface area contributed by atoms with E-state index in [4.69, 9.17) is 19.9 Å². The molecule has 0 radical (unpaired) electrons. The molecule has 6 heteroatoms. The average molecular weight is 661 g/mol. The highest BCUT2D eigenvalue weighted by Gasteiger charge is 2.26. The smallest absolute Gasteiger partial charge is 0.147 e. The van der Waals surface area contributed by atoms with E-state index in [0.717, 1.165) is 77.7 Å². The van der Waals surface area contributed by atoms with Crippen LogP contribution in [0.3, 0.4) is 0 Å². The lowest BCUT2D eigenvalue weighted by atomic mass is 9.82. The van der Waals surface area contributed by atoms with Crippen molar-refractivity contribution < 1.29 is 0 Å². The lowest BCUT2D eigenvalue weighted by Gasteiger charge is -2.23. The Balaban J connectivity index is 1.49. The van der Waals surface area contributed by atoms with Crippen LogP contribution < -0.4 is 0 Å². The normalized spacial score (nSPS) is 13.6. The number of aromatic nitrogens is 6. The Morgan fingerprint density at radius 2 is 0.800 bits per heavy atom. The molecule has 6 nitrogen and oxygen atoms in total. The van der Waals surface area contributed by atoms with E-state index in [2.05, 4.69) is 165 Å². The molecule has 6 heterocycles. The lowest BCUT2D eigenvalue weighted by Crippen LogP contribution is -2.13. The molecular weight excluding hydrogens is 613 g/mol. The molecule has 0 amide bonds. The third kappa shape index (κ3) is 5.06. The second-order valence-corrected chi connectivity index (χ2v) is 18.3. The Morgan fingerprint density at radius 3 is 1.14 bits per heavy atom. The van der Waals surface area contributed by atoms with Crippen LogP contribution in [0.5, 0.6) is 0 Å². The number of hydrogen-bond donors (Lipinski definition) is 0. The summed E-state index contributed by atoms with van der Waals surface area (Å²) in [7, 11) is 0. The van der Waals surface area contributed by atoms with Crippen molar-refractivity contribution in [2.24, 2.45) is 0 Å². The van der Waals surface area contributed by atoms with E-state index in [1.165, 1.54) is 11.1 Å². The van der Waals surface area contributed by atoms with E-state index in [9.17, 15) is 0 Å². The summed E-state index contributed by atoms with van der Waals surface area (Å²) in [6.45, 7) is 26.9. The van der Waals surface area contributed by atoms with Crippen LogP contribution in [0, 0.1) is 0 Å². The molecule has 8 aromatic rings. The first-order valence-corrected chi connectivity index (χ1v) is 17.8. The summed E-state index contributed by atoms with van der Waals surface area (Å²) < 4.78 is 4.49. The van der Waals surface area contributed by atoms with Crippen molar-refractivity contribution in [3.05, 3.63) is 95.6 Å². The maximum Gasteiger partial charge on any atom is 0.147 e. The number of benzene rings is 2. The van der Waals surface area contributed by atoms with Gasteiger partial charge in [-0.15, -0.1) is 0 Å². The van der Waals surface area contributed by atoms with Crippen LogP contribution in [0.2, 0.25) is 0 Å². The predicted octanol–water partition coefficient (Wildman–Crippen LogP) is 11.2. The van der Waals surface area contributed by atoms with Crippen molar-refractivity contribution >= 4 is 55.2 Å². The quantitative estimate of drug-likeness (QED) is 0.176. The molecule has 2 aromatic carbocycles. The minimum atomic E-state index is -0.0839. The Kier molecular flexibility index (Phi) is 6.70. The standard InChI is InChI=1S/C44H48N6/c1-41(2,3)25-21-29(37-33(23-25)49-19-17-31-27(39(49)47-37)13-15-35(45-31)43(7,8)9)30-22-26(42(4,5)6)24-34-38(30)48-40-28-14-16-36(44(10,11)12)46-32(28)18-20-50(34)40/h13-24H,1-12H3. The van der Waals surface area contributed by atoms with E-state index in [0.29, 0.717) is 0 Å². The van der Waals surface area contributed by atoms with Crippen LogP contribution >= 0.6 is 0 Å². The number of rotatable bonds is 1. The Hall–Kier alpha value is -4.84. The molecule has 0 spiro atoms. The van der Waals surface area contributed by atoms with Gasteiger partial charge >= 0.3 is 0 Å². The van der Waals surface area contributed by atoms with Crippen LogP contribution in [0.4, 0.5) is 0 Å². The number of nitrogens with zero attached hydrogens (tertiary/aromatic N) is 6. The molecule has 8 rings (SSSR count).